The number of ether oxygens (including phenoxy) is 2. The van der Waals surface area contributed by atoms with E-state index in [4.69, 9.17) is 9.47 Å². The molecular formula is C15H22FN3O6. The molecule has 1 atom stereocenters. The molecule has 10 heteroatoms. The van der Waals surface area contributed by atoms with Crippen LogP contribution in [-0.2, 0) is 24.7 Å². The summed E-state index contributed by atoms with van der Waals surface area (Å²) in [7, 11) is 1.28. The summed E-state index contributed by atoms with van der Waals surface area (Å²) in [6.07, 6.45) is 0.500. The molecule has 0 saturated heterocycles. The Morgan fingerprint density at radius 2 is 2.04 bits per heavy atom. The number of esters is 1. The maximum atomic E-state index is 13.8. The molecule has 1 unspecified atom stereocenters. The molecule has 0 aliphatic heterocycles. The Balaban J connectivity index is 3.64. The Bertz CT molecular complexity index is 742. The Kier molecular flexibility index (Phi) is 7.04. The average molecular weight is 359 g/mol. The van der Waals surface area contributed by atoms with Gasteiger partial charge in [0.1, 0.15) is 6.61 Å². The van der Waals surface area contributed by atoms with E-state index >= 15 is 0 Å². The van der Waals surface area contributed by atoms with E-state index in [1.54, 1.807) is 25.8 Å². The third-order valence-corrected chi connectivity index (χ3v) is 3.25. The van der Waals surface area contributed by atoms with Crippen molar-refractivity contribution in [3.05, 3.63) is 32.9 Å². The molecule has 0 aromatic carbocycles. The number of hydrogen-bond acceptors (Lipinski definition) is 6. The predicted octanol–water partition coefficient (Wildman–Crippen LogP) is -0.300. The minimum absolute atomic E-state index is 0.0284. The van der Waals surface area contributed by atoms with Gasteiger partial charge in [0.05, 0.1) is 12.8 Å². The summed E-state index contributed by atoms with van der Waals surface area (Å²) >= 11 is 0. The Morgan fingerprint density at radius 3 is 2.56 bits per heavy atom. The molecule has 0 aliphatic carbocycles. The van der Waals surface area contributed by atoms with Crippen LogP contribution in [0.1, 0.15) is 27.2 Å². The fourth-order valence-corrected chi connectivity index (χ4v) is 2.41. The lowest BCUT2D eigenvalue weighted by Crippen LogP contribution is -2.62. The van der Waals surface area contributed by atoms with E-state index < -0.39 is 34.6 Å². The monoisotopic (exact) mass is 359 g/mol. The molecule has 0 saturated carbocycles. The van der Waals surface area contributed by atoms with Gasteiger partial charge in [-0.1, -0.05) is 13.8 Å². The van der Waals surface area contributed by atoms with Crippen LogP contribution in [0.2, 0.25) is 0 Å². The molecule has 1 heterocycles. The van der Waals surface area contributed by atoms with Crippen LogP contribution in [0.3, 0.4) is 0 Å². The number of H-pyrrole nitrogens is 1. The number of carbonyl (C=O) groups excluding carboxylic acids is 2. The van der Waals surface area contributed by atoms with Crippen LogP contribution < -0.4 is 16.6 Å². The van der Waals surface area contributed by atoms with E-state index in [2.05, 4.69) is 5.32 Å². The third-order valence-electron chi connectivity index (χ3n) is 3.25. The van der Waals surface area contributed by atoms with Crippen LogP contribution >= 0.6 is 0 Å². The van der Waals surface area contributed by atoms with Crippen LogP contribution in [0.15, 0.2) is 15.8 Å². The normalized spacial score (nSPS) is 13.4. The highest BCUT2D eigenvalue weighted by Crippen LogP contribution is 2.23. The lowest BCUT2D eigenvalue weighted by Gasteiger charge is -2.35. The molecule has 0 radical (unpaired) electrons. The molecular weight excluding hydrogens is 337 g/mol. The summed E-state index contributed by atoms with van der Waals surface area (Å²) in [4.78, 5) is 50.0. The van der Waals surface area contributed by atoms with Crippen LogP contribution in [0.4, 0.5) is 4.39 Å². The number of aromatic nitrogens is 2. The molecule has 1 aromatic heterocycles. The number of rotatable bonds is 8. The van der Waals surface area contributed by atoms with E-state index in [0.717, 1.165) is 0 Å². The van der Waals surface area contributed by atoms with Gasteiger partial charge in [-0.2, -0.15) is 4.39 Å². The van der Waals surface area contributed by atoms with Crippen molar-refractivity contribution in [3.8, 4) is 0 Å². The topological polar surface area (TPSA) is 119 Å². The number of nitrogens with zero attached hydrogens (tertiary/aromatic N) is 1. The van der Waals surface area contributed by atoms with Crippen molar-refractivity contribution in [1.82, 2.24) is 14.9 Å². The largest absolute Gasteiger partial charge is 0.463 e. The summed E-state index contributed by atoms with van der Waals surface area (Å²) in [5, 5.41) is 2.39. The van der Waals surface area contributed by atoms with Gasteiger partial charge >= 0.3 is 11.7 Å². The molecule has 25 heavy (non-hydrogen) atoms. The van der Waals surface area contributed by atoms with Crippen molar-refractivity contribution in [2.45, 2.75) is 32.9 Å². The van der Waals surface area contributed by atoms with Gasteiger partial charge in [0.2, 0.25) is 17.4 Å². The smallest absolute Gasteiger partial charge is 0.353 e. The van der Waals surface area contributed by atoms with Gasteiger partial charge in [-0.3, -0.25) is 19.1 Å². The predicted molar refractivity (Wildman–Crippen MR) is 85.4 cm³/mol. The maximum Gasteiger partial charge on any atom is 0.353 e. The van der Waals surface area contributed by atoms with Gasteiger partial charge < -0.3 is 14.8 Å². The van der Waals surface area contributed by atoms with Gasteiger partial charge in [0, 0.05) is 13.5 Å². The molecule has 0 spiro atoms. The number of aromatic amines is 1. The molecule has 1 aromatic rings. The Morgan fingerprint density at radius 1 is 1.40 bits per heavy atom. The number of nitrogens with one attached hydrogen (secondary N) is 2. The third kappa shape index (κ3) is 4.75. The van der Waals surface area contributed by atoms with Gasteiger partial charge in [0.25, 0.3) is 5.56 Å². The van der Waals surface area contributed by atoms with Crippen molar-refractivity contribution >= 4 is 11.9 Å². The van der Waals surface area contributed by atoms with Gasteiger partial charge in [-0.05, 0) is 12.8 Å². The summed E-state index contributed by atoms with van der Waals surface area (Å²) in [5.74, 6) is -3.15. The SMILES string of the molecule is CCOC(=O)C(CC(C)C)(NC(=O)COC)n1cc(F)c(=O)[nH]c1=O. The molecule has 1 amide bonds. The van der Waals surface area contributed by atoms with E-state index in [1.807, 2.05) is 0 Å². The van der Waals surface area contributed by atoms with E-state index in [9.17, 15) is 23.6 Å². The van der Waals surface area contributed by atoms with Crippen LogP contribution in [0.5, 0.6) is 0 Å². The lowest BCUT2D eigenvalue weighted by atomic mass is 9.96. The number of carbonyl (C=O) groups is 2. The van der Waals surface area contributed by atoms with E-state index in [1.165, 1.54) is 7.11 Å². The van der Waals surface area contributed by atoms with Gasteiger partial charge in [-0.15, -0.1) is 0 Å². The first-order valence-corrected chi connectivity index (χ1v) is 7.67. The summed E-state index contributed by atoms with van der Waals surface area (Å²) < 4.78 is 24.1. The second kappa shape index (κ2) is 8.56. The number of halogens is 1. The maximum absolute atomic E-state index is 13.8. The minimum Gasteiger partial charge on any atom is -0.463 e. The number of methoxy groups -OCH3 is 1. The fourth-order valence-electron chi connectivity index (χ4n) is 2.41. The zero-order valence-corrected chi connectivity index (χ0v) is 14.6. The van der Waals surface area contributed by atoms with Crippen molar-refractivity contribution in [2.24, 2.45) is 5.92 Å². The molecule has 0 aliphatic rings. The van der Waals surface area contributed by atoms with E-state index in [0.29, 0.717) is 10.8 Å². The highest BCUT2D eigenvalue weighted by molar-refractivity contribution is 5.86. The standard InChI is InChI=1S/C15H22FN3O6/c1-5-25-13(22)15(6-9(2)3,18-11(20)8-24-4)19-7-10(16)12(21)17-14(19)23/h7,9H,5-6,8H2,1-4H3,(H,18,20)(H,17,21,23). The average Bonchev–Trinajstić information content (AvgIpc) is 2.50. The van der Waals surface area contributed by atoms with Crippen molar-refractivity contribution in [2.75, 3.05) is 20.3 Å². The first-order chi connectivity index (χ1) is 11.7. The van der Waals surface area contributed by atoms with Gasteiger partial charge in [0.15, 0.2) is 0 Å². The first kappa shape index (κ1) is 20.6. The van der Waals surface area contributed by atoms with E-state index in [-0.39, 0.29) is 25.6 Å². The number of hydrogen-bond donors (Lipinski definition) is 2. The molecule has 0 bridgehead atoms. The molecule has 1 rings (SSSR count). The Labute approximate surface area is 143 Å². The minimum atomic E-state index is -2.03. The molecule has 9 nitrogen and oxygen atoms in total. The Hall–Kier alpha value is -2.49. The van der Waals surface area contributed by atoms with Crippen molar-refractivity contribution in [3.63, 3.8) is 0 Å². The zero-order chi connectivity index (χ0) is 19.2. The van der Waals surface area contributed by atoms with Crippen LogP contribution in [0, 0.1) is 11.7 Å². The molecule has 2 N–H and O–H groups in total. The summed E-state index contributed by atoms with van der Waals surface area (Å²) in [6.45, 7) is 4.61. The van der Waals surface area contributed by atoms with Crippen LogP contribution in [-0.4, -0.2) is 41.8 Å². The lowest BCUT2D eigenvalue weighted by molar-refractivity contribution is -0.160. The second-order valence-corrected chi connectivity index (χ2v) is 5.77. The summed E-state index contributed by atoms with van der Waals surface area (Å²) in [6, 6.07) is 0. The number of amides is 1. The highest BCUT2D eigenvalue weighted by atomic mass is 19.1. The molecule has 140 valence electrons. The van der Waals surface area contributed by atoms with Crippen molar-refractivity contribution in [1.29, 1.82) is 0 Å². The quantitative estimate of drug-likeness (QED) is 0.615. The highest BCUT2D eigenvalue weighted by Gasteiger charge is 2.45. The molecule has 0 fully saturated rings. The summed E-state index contributed by atoms with van der Waals surface area (Å²) in [5.41, 5.74) is -4.31. The van der Waals surface area contributed by atoms with Crippen molar-refractivity contribution < 1.29 is 23.5 Å². The second-order valence-electron chi connectivity index (χ2n) is 5.77. The van der Waals surface area contributed by atoms with Crippen LogP contribution in [0.25, 0.3) is 0 Å². The van der Waals surface area contributed by atoms with Gasteiger partial charge in [-0.25, -0.2) is 9.59 Å². The zero-order valence-electron chi connectivity index (χ0n) is 14.6. The fraction of sp³-hybridized carbons (Fsp3) is 0.600. The first-order valence-electron chi connectivity index (χ1n) is 7.67.